The summed E-state index contributed by atoms with van der Waals surface area (Å²) in [5.74, 6) is 0. The summed E-state index contributed by atoms with van der Waals surface area (Å²) in [6.07, 6.45) is 0. The maximum Gasteiger partial charge on any atom is 0.179 e. The Morgan fingerprint density at radius 1 is 0.232 bits per heavy atom. The van der Waals surface area contributed by atoms with Crippen molar-refractivity contribution in [1.29, 1.82) is 0 Å². The molecule has 0 saturated carbocycles. The van der Waals surface area contributed by atoms with E-state index in [2.05, 4.69) is 290 Å². The molecule has 0 saturated heterocycles. The highest BCUT2D eigenvalue weighted by atomic mass is 32.1. The van der Waals surface area contributed by atoms with Crippen LogP contribution in [-0.2, 0) is 0 Å². The van der Waals surface area contributed by atoms with Crippen molar-refractivity contribution in [2.75, 3.05) is 4.90 Å². The van der Waals surface area contributed by atoms with Crippen LogP contribution >= 0.6 is 11.3 Å². The fourth-order valence-corrected chi connectivity index (χ4v) is 16.2. The molecule has 0 spiro atoms. The van der Waals surface area contributed by atoms with E-state index in [9.17, 15) is 0 Å². The first-order valence-electron chi connectivity index (χ1n) is 23.6. The Balaban J connectivity index is 0.913. The molecule has 0 fully saturated rings. The second-order valence-corrected chi connectivity index (χ2v) is 22.6. The van der Waals surface area contributed by atoms with Crippen molar-refractivity contribution in [3.05, 3.63) is 285 Å². The van der Waals surface area contributed by atoms with Gasteiger partial charge in [-0.1, -0.05) is 243 Å². The molecule has 0 unspecified atom stereocenters. The number of thiophene rings is 1. The third-order valence-electron chi connectivity index (χ3n) is 13.7. The highest BCUT2D eigenvalue weighted by Gasteiger charge is 2.41. The largest absolute Gasteiger partial charge is 0.310 e. The molecule has 1 nitrogen and oxygen atoms in total. The Labute approximate surface area is 409 Å². The molecule has 3 heteroatoms. The van der Waals surface area contributed by atoms with Crippen molar-refractivity contribution in [1.82, 2.24) is 0 Å². The fraction of sp³-hybridized carbons (Fsp3) is 0. The number of hydrogen-bond donors (Lipinski definition) is 0. The first-order valence-corrected chi connectivity index (χ1v) is 26.5. The van der Waals surface area contributed by atoms with E-state index >= 15 is 0 Å². The highest BCUT2D eigenvalue weighted by Crippen LogP contribution is 2.42. The highest BCUT2D eigenvalue weighted by molar-refractivity contribution is 7.26. The van der Waals surface area contributed by atoms with Crippen LogP contribution in [0.15, 0.2) is 285 Å². The van der Waals surface area contributed by atoms with Gasteiger partial charge in [0, 0.05) is 37.2 Å². The lowest BCUT2D eigenvalue weighted by atomic mass is 10.00. The van der Waals surface area contributed by atoms with Gasteiger partial charge in [-0.15, -0.1) is 11.3 Å². The minimum atomic E-state index is -2.62. The maximum atomic E-state index is 2.40. The summed E-state index contributed by atoms with van der Waals surface area (Å²) in [6.45, 7) is 0. The van der Waals surface area contributed by atoms with Gasteiger partial charge in [0.25, 0.3) is 0 Å². The van der Waals surface area contributed by atoms with Crippen molar-refractivity contribution in [2.24, 2.45) is 0 Å². The third kappa shape index (κ3) is 7.98. The van der Waals surface area contributed by atoms with Gasteiger partial charge >= 0.3 is 0 Å². The number of fused-ring (bicyclic) bond motifs is 3. The van der Waals surface area contributed by atoms with Gasteiger partial charge in [0.2, 0.25) is 0 Å². The average molecular weight is 914 g/mol. The van der Waals surface area contributed by atoms with Gasteiger partial charge in [-0.05, 0) is 108 Å². The molecule has 12 aromatic rings. The van der Waals surface area contributed by atoms with E-state index < -0.39 is 8.07 Å². The lowest BCUT2D eigenvalue weighted by Gasteiger charge is -2.34. The Hall–Kier alpha value is -8.34. The molecule has 0 N–H and O–H groups in total. The van der Waals surface area contributed by atoms with Crippen LogP contribution in [0.25, 0.3) is 64.7 Å². The van der Waals surface area contributed by atoms with E-state index in [1.54, 1.807) is 0 Å². The van der Waals surface area contributed by atoms with Crippen LogP contribution < -0.4 is 25.6 Å². The average Bonchev–Trinajstić information content (AvgIpc) is 3.81. The summed E-state index contributed by atoms with van der Waals surface area (Å²) >= 11 is 1.87. The van der Waals surface area contributed by atoms with E-state index in [-0.39, 0.29) is 0 Å². The van der Waals surface area contributed by atoms with E-state index in [0.717, 1.165) is 17.1 Å². The first kappa shape index (κ1) is 42.0. The van der Waals surface area contributed by atoms with Crippen LogP contribution in [0.5, 0.6) is 0 Å². The summed E-state index contributed by atoms with van der Waals surface area (Å²) in [6, 6.07) is 105. The van der Waals surface area contributed by atoms with Gasteiger partial charge in [-0.3, -0.25) is 0 Å². The molecule has 12 rings (SSSR count). The zero-order chi connectivity index (χ0) is 46.0. The van der Waals surface area contributed by atoms with Crippen LogP contribution in [0.2, 0.25) is 0 Å². The SMILES string of the molecule is c1ccc(-c2ccc(-c3ccc(N(c4ccc(-c5ccc([Si](c6ccccc6)(c6ccccc6)c6ccccc6)cc5)cc4)c4ccc5c(c4)sc4cc(-c6ccccc6)ccc45)cc3)cc2)cc1. The Bertz CT molecular complexity index is 3550. The first-order chi connectivity index (χ1) is 34.2. The summed E-state index contributed by atoms with van der Waals surface area (Å²) in [5.41, 5.74) is 13.0. The molecule has 0 aliphatic carbocycles. The molecule has 0 amide bonds. The monoisotopic (exact) mass is 913 g/mol. The molecule has 326 valence electrons. The molecule has 0 aliphatic rings. The Morgan fingerprint density at radius 2 is 0.522 bits per heavy atom. The Kier molecular flexibility index (Phi) is 11.2. The predicted molar refractivity (Wildman–Crippen MR) is 299 cm³/mol. The summed E-state index contributed by atoms with van der Waals surface area (Å²) in [4.78, 5) is 2.40. The normalized spacial score (nSPS) is 11.5. The molecule has 0 aliphatic heterocycles. The van der Waals surface area contributed by atoms with E-state index in [4.69, 9.17) is 0 Å². The van der Waals surface area contributed by atoms with Crippen molar-refractivity contribution >= 4 is 77.4 Å². The van der Waals surface area contributed by atoms with Crippen molar-refractivity contribution in [2.45, 2.75) is 0 Å². The Morgan fingerprint density at radius 3 is 0.957 bits per heavy atom. The van der Waals surface area contributed by atoms with E-state index in [1.165, 1.54) is 85.4 Å². The lowest BCUT2D eigenvalue weighted by Crippen LogP contribution is -2.74. The standard InChI is InChI=1S/C66H47NSSi/c1-6-16-48(17-7-1)50-26-28-51(29-27-50)52-30-37-56(38-31-52)67(58-41-45-64-63-44-36-55(49-18-8-2-9-19-49)46-65(63)68-66(64)47-58)57-39-32-53(33-40-57)54-34-42-62(43-35-54)69(59-20-10-3-11-21-59,60-22-12-4-13-23-60)61-24-14-5-15-25-61/h1-47H. The van der Waals surface area contributed by atoms with Gasteiger partial charge in [0.15, 0.2) is 8.07 Å². The van der Waals surface area contributed by atoms with Crippen molar-refractivity contribution < 1.29 is 0 Å². The van der Waals surface area contributed by atoms with Crippen LogP contribution in [0.4, 0.5) is 17.1 Å². The van der Waals surface area contributed by atoms with E-state index in [0.29, 0.717) is 0 Å². The zero-order valence-electron chi connectivity index (χ0n) is 38.0. The molecular weight excluding hydrogens is 867 g/mol. The van der Waals surface area contributed by atoms with Crippen LogP contribution in [-0.4, -0.2) is 8.07 Å². The molecule has 0 bridgehead atoms. The molecule has 11 aromatic carbocycles. The number of anilines is 3. The molecule has 0 radical (unpaired) electrons. The fourth-order valence-electron chi connectivity index (χ4n) is 10.2. The van der Waals surface area contributed by atoms with E-state index in [1.807, 2.05) is 11.3 Å². The van der Waals surface area contributed by atoms with Crippen LogP contribution in [0.1, 0.15) is 0 Å². The molecule has 1 aromatic heterocycles. The topological polar surface area (TPSA) is 3.24 Å². The van der Waals surface area contributed by atoms with Gasteiger partial charge < -0.3 is 4.90 Å². The van der Waals surface area contributed by atoms with Crippen LogP contribution in [0.3, 0.4) is 0 Å². The third-order valence-corrected chi connectivity index (χ3v) is 19.6. The zero-order valence-corrected chi connectivity index (χ0v) is 39.8. The van der Waals surface area contributed by atoms with Crippen LogP contribution in [0, 0.1) is 0 Å². The second kappa shape index (κ2) is 18.4. The minimum Gasteiger partial charge on any atom is -0.310 e. The predicted octanol–water partition coefficient (Wildman–Crippen LogP) is 15.6. The number of rotatable bonds is 11. The van der Waals surface area contributed by atoms with Gasteiger partial charge in [0.05, 0.1) is 0 Å². The number of nitrogens with zero attached hydrogens (tertiary/aromatic N) is 1. The van der Waals surface area contributed by atoms with Gasteiger partial charge in [0.1, 0.15) is 0 Å². The molecule has 1 heterocycles. The summed E-state index contributed by atoms with van der Waals surface area (Å²) in [7, 11) is -2.62. The maximum absolute atomic E-state index is 2.62. The lowest BCUT2D eigenvalue weighted by molar-refractivity contribution is 1.29. The van der Waals surface area contributed by atoms with Gasteiger partial charge in [-0.2, -0.15) is 0 Å². The quantitative estimate of drug-likeness (QED) is 0.0923. The number of benzene rings is 11. The number of hydrogen-bond acceptors (Lipinski definition) is 2. The van der Waals surface area contributed by atoms with Gasteiger partial charge in [-0.25, -0.2) is 0 Å². The summed E-state index contributed by atoms with van der Waals surface area (Å²) < 4.78 is 2.56. The molecule has 69 heavy (non-hydrogen) atoms. The summed E-state index contributed by atoms with van der Waals surface area (Å²) in [5, 5.41) is 8.06. The smallest absolute Gasteiger partial charge is 0.179 e. The minimum absolute atomic E-state index is 1.10. The van der Waals surface area contributed by atoms with Crippen molar-refractivity contribution in [3.63, 3.8) is 0 Å². The second-order valence-electron chi connectivity index (χ2n) is 17.7. The molecular formula is C66H47NSSi. The van der Waals surface area contributed by atoms with Crippen molar-refractivity contribution in [3.8, 4) is 44.5 Å². The molecule has 0 atom stereocenters.